The first-order chi connectivity index (χ1) is 21.4. The first-order valence-electron chi connectivity index (χ1n) is 15.6. The highest BCUT2D eigenvalue weighted by Gasteiger charge is 2.37. The molecule has 1 aromatic carbocycles. The van der Waals surface area contributed by atoms with Crippen LogP contribution in [-0.4, -0.2) is 87.4 Å². The molecule has 2 aliphatic heterocycles. The second kappa shape index (κ2) is 13.6. The molecule has 0 bridgehead atoms. The van der Waals surface area contributed by atoms with E-state index in [1.54, 1.807) is 9.80 Å². The van der Waals surface area contributed by atoms with Crippen LogP contribution in [0.5, 0.6) is 0 Å². The van der Waals surface area contributed by atoms with Crippen molar-refractivity contribution in [3.05, 3.63) is 34.9 Å². The van der Waals surface area contributed by atoms with E-state index in [2.05, 4.69) is 31.1 Å². The number of carbonyl (C=O) groups is 4. The minimum atomic E-state index is -0.337. The van der Waals surface area contributed by atoms with Crippen LogP contribution in [0.3, 0.4) is 0 Å². The van der Waals surface area contributed by atoms with Crippen molar-refractivity contribution in [1.29, 1.82) is 0 Å². The number of amides is 4. The maximum Gasteiger partial charge on any atom is 0.410 e. The average molecular weight is 670 g/mol. The highest BCUT2D eigenvalue weighted by molar-refractivity contribution is 9.10. The SMILES string of the molecule is O=C(C[C@H]1CC[C@H](N2CCOC2=O)CC1)N(C(=O)C[C@H]1CC[C@H](N2CCOC2=O)CC1)c1nnc(Br)c(-c2ccccc2)n1. The molecule has 2 aliphatic carbocycles. The van der Waals surface area contributed by atoms with Crippen LogP contribution in [0.15, 0.2) is 34.9 Å². The molecular weight excluding hydrogens is 632 g/mol. The first kappa shape index (κ1) is 30.4. The van der Waals surface area contributed by atoms with Crippen molar-refractivity contribution in [2.45, 2.75) is 76.3 Å². The summed E-state index contributed by atoms with van der Waals surface area (Å²) in [6, 6.07) is 9.68. The minimum Gasteiger partial charge on any atom is -0.448 e. The van der Waals surface area contributed by atoms with Crippen LogP contribution in [-0.2, 0) is 19.1 Å². The van der Waals surface area contributed by atoms with E-state index in [-0.39, 0.29) is 66.7 Å². The van der Waals surface area contributed by atoms with Crippen LogP contribution >= 0.6 is 15.9 Å². The Morgan fingerprint density at radius 2 is 1.27 bits per heavy atom. The Labute approximate surface area is 264 Å². The number of ether oxygens (including phenoxy) is 2. The summed E-state index contributed by atoms with van der Waals surface area (Å²) in [7, 11) is 0. The van der Waals surface area contributed by atoms with Crippen LogP contribution < -0.4 is 4.90 Å². The zero-order valence-corrected chi connectivity index (χ0v) is 26.2. The number of anilines is 1. The third-order valence-electron chi connectivity index (χ3n) is 9.41. The standard InChI is InChI=1S/C31H37BrN6O6/c32-28-27(22-4-2-1-3-5-22)33-29(35-34-28)38(25(39)18-20-6-10-23(11-7-20)36-14-16-43-30(36)41)26(40)19-21-8-12-24(13-9-21)37-15-17-44-31(37)42/h1-5,20-21,23-24H,6-19H2/t20-,21-,23-,24-. The second-order valence-electron chi connectivity index (χ2n) is 12.1. The number of hydrogen-bond acceptors (Lipinski definition) is 9. The summed E-state index contributed by atoms with van der Waals surface area (Å²) in [4.78, 5) is 61.3. The normalized spacial score (nSPS) is 25.5. The maximum atomic E-state index is 13.9. The number of benzene rings is 1. The molecule has 44 heavy (non-hydrogen) atoms. The maximum absolute atomic E-state index is 13.9. The predicted molar refractivity (Wildman–Crippen MR) is 162 cm³/mol. The third-order valence-corrected chi connectivity index (χ3v) is 9.94. The van der Waals surface area contributed by atoms with E-state index in [0.717, 1.165) is 61.8 Å². The Morgan fingerprint density at radius 3 is 1.73 bits per heavy atom. The van der Waals surface area contributed by atoms with Crippen molar-refractivity contribution in [3.8, 4) is 11.3 Å². The lowest BCUT2D eigenvalue weighted by Crippen LogP contribution is -2.43. The topological polar surface area (TPSA) is 135 Å². The van der Waals surface area contributed by atoms with Gasteiger partial charge in [0.1, 0.15) is 18.9 Å². The number of carbonyl (C=O) groups excluding carboxylic acids is 4. The number of halogens is 1. The third kappa shape index (κ3) is 6.72. The number of cyclic esters (lactones) is 2. The van der Waals surface area contributed by atoms with Crippen molar-refractivity contribution in [2.75, 3.05) is 31.2 Å². The number of rotatable bonds is 8. The number of nitrogens with zero attached hydrogens (tertiary/aromatic N) is 6. The molecule has 3 heterocycles. The van der Waals surface area contributed by atoms with Crippen LogP contribution in [0.1, 0.15) is 64.2 Å². The first-order valence-corrected chi connectivity index (χ1v) is 16.3. The Kier molecular flexibility index (Phi) is 9.39. The summed E-state index contributed by atoms with van der Waals surface area (Å²) in [6.45, 7) is 2.06. The Hall–Kier alpha value is -3.61. The Balaban J connectivity index is 1.16. The van der Waals surface area contributed by atoms with E-state index in [9.17, 15) is 19.2 Å². The van der Waals surface area contributed by atoms with Gasteiger partial charge in [-0.05, 0) is 79.1 Å². The highest BCUT2D eigenvalue weighted by atomic mass is 79.9. The minimum absolute atomic E-state index is 0.0240. The molecule has 234 valence electrons. The summed E-state index contributed by atoms with van der Waals surface area (Å²) in [5.74, 6) is -0.531. The lowest BCUT2D eigenvalue weighted by Gasteiger charge is -2.34. The molecule has 4 fully saturated rings. The van der Waals surface area contributed by atoms with E-state index in [1.165, 1.54) is 0 Å². The summed E-state index contributed by atoms with van der Waals surface area (Å²) < 4.78 is 10.6. The van der Waals surface area contributed by atoms with Crippen molar-refractivity contribution in [1.82, 2.24) is 25.0 Å². The molecule has 0 radical (unpaired) electrons. The number of imide groups is 1. The number of aromatic nitrogens is 3. The van der Waals surface area contributed by atoms with Gasteiger partial charge in [-0.15, -0.1) is 10.2 Å². The van der Waals surface area contributed by atoms with Crippen molar-refractivity contribution in [3.63, 3.8) is 0 Å². The van der Waals surface area contributed by atoms with Gasteiger partial charge in [0.15, 0.2) is 4.60 Å². The summed E-state index contributed by atoms with van der Waals surface area (Å²) in [5, 5.41) is 8.42. The molecule has 4 amide bonds. The van der Waals surface area contributed by atoms with Gasteiger partial charge in [-0.1, -0.05) is 30.3 Å². The lowest BCUT2D eigenvalue weighted by molar-refractivity contribution is -0.128. The molecule has 0 N–H and O–H groups in total. The Morgan fingerprint density at radius 1 is 0.773 bits per heavy atom. The quantitative estimate of drug-likeness (QED) is 0.382. The smallest absolute Gasteiger partial charge is 0.410 e. The number of hydrogen-bond donors (Lipinski definition) is 0. The van der Waals surface area contributed by atoms with E-state index in [0.29, 0.717) is 36.6 Å². The van der Waals surface area contributed by atoms with Gasteiger partial charge in [0.05, 0.1) is 13.1 Å². The molecule has 0 atom stereocenters. The monoisotopic (exact) mass is 668 g/mol. The fourth-order valence-electron chi connectivity index (χ4n) is 7.01. The van der Waals surface area contributed by atoms with Crippen LogP contribution in [0.2, 0.25) is 0 Å². The fourth-order valence-corrected chi connectivity index (χ4v) is 7.41. The molecule has 2 saturated heterocycles. The molecule has 13 heteroatoms. The van der Waals surface area contributed by atoms with Gasteiger partial charge in [-0.25, -0.2) is 19.5 Å². The zero-order valence-electron chi connectivity index (χ0n) is 24.6. The van der Waals surface area contributed by atoms with Gasteiger partial charge in [0, 0.05) is 30.5 Å². The second-order valence-corrected chi connectivity index (χ2v) is 12.9. The van der Waals surface area contributed by atoms with Crippen molar-refractivity contribution >= 4 is 45.9 Å². The molecule has 0 unspecified atom stereocenters. The average Bonchev–Trinajstić information content (AvgIpc) is 3.67. The molecule has 6 rings (SSSR count). The molecule has 12 nitrogen and oxygen atoms in total. The molecular formula is C31H37BrN6O6. The zero-order chi connectivity index (χ0) is 30.6. The van der Waals surface area contributed by atoms with Crippen LogP contribution in [0.4, 0.5) is 15.5 Å². The predicted octanol–water partition coefficient (Wildman–Crippen LogP) is 4.96. The van der Waals surface area contributed by atoms with Gasteiger partial charge >= 0.3 is 12.2 Å². The molecule has 4 aliphatic rings. The summed E-state index contributed by atoms with van der Waals surface area (Å²) in [6.07, 6.45) is 6.15. The largest absolute Gasteiger partial charge is 0.448 e. The van der Waals surface area contributed by atoms with E-state index in [4.69, 9.17) is 9.47 Å². The van der Waals surface area contributed by atoms with Crippen LogP contribution in [0, 0.1) is 11.8 Å². The van der Waals surface area contributed by atoms with Crippen LogP contribution in [0.25, 0.3) is 11.3 Å². The summed E-state index contributed by atoms with van der Waals surface area (Å²) in [5.41, 5.74) is 1.28. The van der Waals surface area contributed by atoms with Gasteiger partial charge in [0.25, 0.3) is 5.95 Å². The van der Waals surface area contributed by atoms with Gasteiger partial charge in [-0.2, -0.15) is 0 Å². The molecule has 2 saturated carbocycles. The van der Waals surface area contributed by atoms with E-state index >= 15 is 0 Å². The van der Waals surface area contributed by atoms with E-state index in [1.807, 2.05) is 30.3 Å². The fraction of sp³-hybridized carbons (Fsp3) is 0.581. The van der Waals surface area contributed by atoms with Gasteiger partial charge in [0.2, 0.25) is 11.8 Å². The molecule has 0 spiro atoms. The van der Waals surface area contributed by atoms with Crippen molar-refractivity contribution in [2.24, 2.45) is 11.8 Å². The summed E-state index contributed by atoms with van der Waals surface area (Å²) >= 11 is 3.43. The molecule has 1 aromatic heterocycles. The van der Waals surface area contributed by atoms with Gasteiger partial charge < -0.3 is 19.3 Å². The lowest BCUT2D eigenvalue weighted by atomic mass is 9.82. The molecule has 2 aromatic rings. The Bertz CT molecular complexity index is 1320. The highest BCUT2D eigenvalue weighted by Crippen LogP contribution is 2.34. The van der Waals surface area contributed by atoms with Gasteiger partial charge in [-0.3, -0.25) is 9.59 Å². The van der Waals surface area contributed by atoms with E-state index < -0.39 is 0 Å². The van der Waals surface area contributed by atoms with Crippen molar-refractivity contribution < 1.29 is 28.7 Å².